The molecular weight excluding hydrogens is 201 g/mol. The minimum Gasteiger partial charge on any atom is -0.983 e. The standard InChI is InChI=1S/C3H5F3Si.N.Zn/c4-3(5,6)1-2-7;;/h7H,1-2H2;;/q-2;;+2. The van der Waals surface area contributed by atoms with E-state index in [0.29, 0.717) is 0 Å². The molecule has 1 nitrogen and oxygen atoms in total. The Morgan fingerprint density at radius 1 is 1.22 bits per heavy atom. The van der Waals surface area contributed by atoms with Gasteiger partial charge in [-0.25, -0.2) is 0 Å². The quantitative estimate of drug-likeness (QED) is 0.567. The maximum absolute atomic E-state index is 11.0. The molecule has 0 spiro atoms. The third kappa shape index (κ3) is 17.7. The first-order chi connectivity index (χ1) is 3.06. The van der Waals surface area contributed by atoms with Gasteiger partial charge in [-0.15, -0.1) is 0 Å². The van der Waals surface area contributed by atoms with Crippen molar-refractivity contribution in [2.45, 2.75) is 18.6 Å². The van der Waals surface area contributed by atoms with Gasteiger partial charge in [-0.1, -0.05) is 0 Å². The molecule has 0 atom stereocenters. The van der Waals surface area contributed by atoms with E-state index in [2.05, 4.69) is 0 Å². The summed E-state index contributed by atoms with van der Waals surface area (Å²) in [5.74, 6) is 0. The number of alkyl halides is 3. The summed E-state index contributed by atoms with van der Waals surface area (Å²) in [6, 6.07) is 0.101. The Labute approximate surface area is 68.2 Å². The Kier molecular flexibility index (Phi) is 12.1. The summed E-state index contributed by atoms with van der Waals surface area (Å²) >= 11 is 0. The van der Waals surface area contributed by atoms with Crippen molar-refractivity contribution < 1.29 is 32.6 Å². The predicted molar refractivity (Wildman–Crippen MR) is 24.8 cm³/mol. The van der Waals surface area contributed by atoms with Crippen molar-refractivity contribution in [1.29, 1.82) is 0 Å². The normalized spacial score (nSPS) is 9.33. The third-order valence-electron chi connectivity index (χ3n) is 0.428. The van der Waals surface area contributed by atoms with Crippen LogP contribution in [0.1, 0.15) is 6.42 Å². The minimum atomic E-state index is -3.97. The van der Waals surface area contributed by atoms with E-state index in [0.717, 1.165) is 0 Å². The number of hydrogen-bond acceptors (Lipinski definition) is 0. The van der Waals surface area contributed by atoms with Crippen LogP contribution in [-0.2, 0) is 19.5 Å². The number of rotatable bonds is 1. The van der Waals surface area contributed by atoms with Crippen molar-refractivity contribution in [3.8, 4) is 0 Å². The van der Waals surface area contributed by atoms with Gasteiger partial charge in [0.05, 0.1) is 0 Å². The van der Waals surface area contributed by atoms with Gasteiger partial charge in [-0.05, 0) is 6.42 Å². The minimum absolute atomic E-state index is 0. The Bertz CT molecular complexity index is 57.5. The molecule has 0 rings (SSSR count). The summed E-state index contributed by atoms with van der Waals surface area (Å²) < 4.78 is 33.1. The van der Waals surface area contributed by atoms with Gasteiger partial charge < -0.3 is 16.3 Å². The SMILES string of the molecule is FC(F)(F)CC[SiH-2].[N].[Zn+2]. The van der Waals surface area contributed by atoms with Crippen molar-refractivity contribution in [3.05, 3.63) is 0 Å². The van der Waals surface area contributed by atoms with Crippen LogP contribution in [-0.4, -0.2) is 16.4 Å². The Balaban J connectivity index is -0.000000180. The zero-order valence-corrected chi connectivity index (χ0v) is 8.90. The van der Waals surface area contributed by atoms with Crippen LogP contribution in [0.5, 0.6) is 0 Å². The van der Waals surface area contributed by atoms with Crippen LogP contribution in [0.15, 0.2) is 0 Å². The summed E-state index contributed by atoms with van der Waals surface area (Å²) in [4.78, 5) is 0. The van der Waals surface area contributed by atoms with Crippen LogP contribution in [0, 0.1) is 0 Å². The van der Waals surface area contributed by atoms with Crippen molar-refractivity contribution >= 4 is 10.2 Å². The van der Waals surface area contributed by atoms with Crippen LogP contribution >= 0.6 is 0 Å². The first-order valence-electron chi connectivity index (χ1n) is 1.83. The molecule has 6 heteroatoms. The molecule has 0 aliphatic heterocycles. The van der Waals surface area contributed by atoms with Gasteiger partial charge in [0, 0.05) is 6.15 Å². The van der Waals surface area contributed by atoms with E-state index in [9.17, 15) is 13.2 Å². The Hall–Kier alpha value is 0.590. The summed E-state index contributed by atoms with van der Waals surface area (Å²) in [5.41, 5.74) is 0. The molecule has 0 aliphatic carbocycles. The second kappa shape index (κ2) is 6.71. The van der Waals surface area contributed by atoms with Gasteiger partial charge in [0.2, 0.25) is 0 Å². The molecule has 0 heterocycles. The molecule has 3 radical (unpaired) electrons. The van der Waals surface area contributed by atoms with Gasteiger partial charge >= 0.3 is 25.7 Å². The van der Waals surface area contributed by atoms with Crippen LogP contribution < -0.4 is 6.15 Å². The fraction of sp³-hybridized carbons (Fsp3) is 1.00. The van der Waals surface area contributed by atoms with E-state index in [-0.39, 0.29) is 31.7 Å². The maximum atomic E-state index is 11.0. The van der Waals surface area contributed by atoms with Crippen molar-refractivity contribution in [3.63, 3.8) is 0 Å². The Morgan fingerprint density at radius 2 is 1.56 bits per heavy atom. The zero-order valence-electron chi connectivity index (χ0n) is 4.78. The molecule has 0 bridgehead atoms. The second-order valence-electron chi connectivity index (χ2n) is 1.15. The first-order valence-corrected chi connectivity index (χ1v) is 2.65. The summed E-state index contributed by atoms with van der Waals surface area (Å²) in [7, 11) is 2.02. The molecule has 0 unspecified atom stereocenters. The third-order valence-corrected chi connectivity index (χ3v) is 0.716. The average Bonchev–Trinajstić information content (AvgIpc) is 1.30. The van der Waals surface area contributed by atoms with Gasteiger partial charge in [0.1, 0.15) is 0 Å². The molecule has 9 heavy (non-hydrogen) atoms. The average molecular weight is 206 g/mol. The van der Waals surface area contributed by atoms with Crippen molar-refractivity contribution in [1.82, 2.24) is 6.15 Å². The Morgan fingerprint density at radius 3 is 1.56 bits per heavy atom. The molecule has 0 aliphatic rings. The van der Waals surface area contributed by atoms with E-state index in [1.54, 1.807) is 0 Å². The topological polar surface area (TPSA) is 30.5 Å². The first kappa shape index (κ1) is 16.3. The number of halogens is 3. The number of nitrogens with zero attached hydrogens (tertiary/aromatic N) is 1. The van der Waals surface area contributed by atoms with E-state index >= 15 is 0 Å². The van der Waals surface area contributed by atoms with E-state index in [1.165, 1.54) is 0 Å². The molecule has 0 fully saturated rings. The fourth-order valence-electron chi connectivity index (χ4n) is 0.164. The van der Waals surface area contributed by atoms with Gasteiger partial charge in [-0.2, -0.15) is 13.2 Å². The molecule has 0 saturated carbocycles. The molecular formula is C3H5F3NSiZn. The summed E-state index contributed by atoms with van der Waals surface area (Å²) in [6.07, 6.45) is -4.67. The predicted octanol–water partition coefficient (Wildman–Crippen LogP) is 0.775. The van der Waals surface area contributed by atoms with E-state index in [1.807, 2.05) is 10.2 Å². The van der Waals surface area contributed by atoms with Gasteiger partial charge in [-0.3, -0.25) is 0 Å². The molecule has 0 saturated heterocycles. The van der Waals surface area contributed by atoms with Crippen LogP contribution in [0.2, 0.25) is 6.04 Å². The van der Waals surface area contributed by atoms with E-state index < -0.39 is 12.6 Å². The summed E-state index contributed by atoms with van der Waals surface area (Å²) in [5, 5.41) is 0. The largest absolute Gasteiger partial charge is 2.00 e. The zero-order chi connectivity index (χ0) is 5.91. The van der Waals surface area contributed by atoms with Crippen LogP contribution in [0.4, 0.5) is 13.2 Å². The van der Waals surface area contributed by atoms with Crippen LogP contribution in [0.3, 0.4) is 0 Å². The molecule has 0 aromatic heterocycles. The van der Waals surface area contributed by atoms with Crippen LogP contribution in [0.25, 0.3) is 0 Å². The molecule has 0 N–H and O–H groups in total. The molecule has 0 aromatic rings. The molecule has 49 valence electrons. The maximum Gasteiger partial charge on any atom is 2.00 e. The van der Waals surface area contributed by atoms with Gasteiger partial charge in [0.25, 0.3) is 0 Å². The smallest absolute Gasteiger partial charge is 0.983 e. The van der Waals surface area contributed by atoms with Crippen molar-refractivity contribution in [2.24, 2.45) is 0 Å². The van der Waals surface area contributed by atoms with Gasteiger partial charge in [0.15, 0.2) is 0 Å². The van der Waals surface area contributed by atoms with Crippen molar-refractivity contribution in [2.75, 3.05) is 0 Å². The molecule has 0 amide bonds. The molecule has 0 aromatic carbocycles. The summed E-state index contributed by atoms with van der Waals surface area (Å²) in [6.45, 7) is 0. The fourth-order valence-corrected chi connectivity index (χ4v) is 0.491. The number of hydrogen-bond donors (Lipinski definition) is 0. The van der Waals surface area contributed by atoms with E-state index in [4.69, 9.17) is 0 Å². The monoisotopic (exact) mass is 204 g/mol. The second-order valence-corrected chi connectivity index (χ2v) is 1.73.